The molecule has 0 radical (unpaired) electrons. The molecule has 2 aromatic rings. The highest BCUT2D eigenvalue weighted by molar-refractivity contribution is 5.32. The molecule has 0 saturated carbocycles. The molecule has 1 aromatic carbocycles. The van der Waals surface area contributed by atoms with Crippen LogP contribution in [0.5, 0.6) is 5.75 Å². The number of hydrogen-bond donors (Lipinski definition) is 1. The van der Waals surface area contributed by atoms with E-state index in [-0.39, 0.29) is 12.7 Å². The van der Waals surface area contributed by atoms with Crippen LogP contribution in [-0.2, 0) is 11.3 Å². The Morgan fingerprint density at radius 1 is 1.22 bits per heavy atom. The monoisotopic (exact) mass is 318 g/mol. The summed E-state index contributed by atoms with van der Waals surface area (Å²) < 4.78 is 13.2. The molecule has 5 heteroatoms. The van der Waals surface area contributed by atoms with Crippen LogP contribution >= 0.6 is 0 Å². The van der Waals surface area contributed by atoms with Gasteiger partial charge in [-0.3, -0.25) is 0 Å². The Bertz CT molecular complexity index is 604. The van der Waals surface area contributed by atoms with Crippen LogP contribution < -0.4 is 4.74 Å². The van der Waals surface area contributed by atoms with Gasteiger partial charge < -0.3 is 19.1 Å². The number of benzene rings is 1. The smallest absolute Gasteiger partial charge is 0.137 e. The van der Waals surface area contributed by atoms with Gasteiger partial charge in [0.25, 0.3) is 0 Å². The summed E-state index contributed by atoms with van der Waals surface area (Å²) in [5.41, 5.74) is 2.30. The van der Waals surface area contributed by atoms with Crippen molar-refractivity contribution < 1.29 is 14.6 Å². The van der Waals surface area contributed by atoms with Crippen LogP contribution in [0.25, 0.3) is 0 Å². The normalized spacial score (nSPS) is 13.8. The van der Waals surface area contributed by atoms with E-state index in [1.165, 1.54) is 0 Å². The molecule has 0 fully saturated rings. The van der Waals surface area contributed by atoms with Crippen LogP contribution in [0, 0.1) is 13.8 Å². The molecule has 1 aromatic heterocycles. The number of hydrogen-bond acceptors (Lipinski definition) is 4. The zero-order valence-corrected chi connectivity index (χ0v) is 14.3. The molecule has 0 aliphatic carbocycles. The van der Waals surface area contributed by atoms with E-state index in [0.717, 1.165) is 22.7 Å². The van der Waals surface area contributed by atoms with E-state index < -0.39 is 6.10 Å². The zero-order valence-electron chi connectivity index (χ0n) is 14.3. The van der Waals surface area contributed by atoms with Crippen LogP contribution in [0.15, 0.2) is 30.6 Å². The first-order valence-corrected chi connectivity index (χ1v) is 8.01. The molecule has 2 rings (SSSR count). The third kappa shape index (κ3) is 5.08. The molecular formula is C18H26N2O3. The number of aryl methyl sites for hydroxylation is 2. The van der Waals surface area contributed by atoms with Gasteiger partial charge in [0, 0.05) is 19.0 Å². The third-order valence-electron chi connectivity index (χ3n) is 3.57. The van der Waals surface area contributed by atoms with Gasteiger partial charge in [-0.05, 0) is 51.0 Å². The van der Waals surface area contributed by atoms with Crippen molar-refractivity contribution in [3.63, 3.8) is 0 Å². The molecule has 5 nitrogen and oxygen atoms in total. The summed E-state index contributed by atoms with van der Waals surface area (Å²) in [6.45, 7) is 9.27. The van der Waals surface area contributed by atoms with Crippen LogP contribution in [0.2, 0.25) is 0 Å². The molecule has 2 atom stereocenters. The molecule has 0 spiro atoms. The molecular weight excluding hydrogens is 292 g/mol. The number of ether oxygens (including phenoxy) is 2. The fraction of sp³-hybridized carbons (Fsp3) is 0.500. The molecule has 0 aliphatic rings. The van der Waals surface area contributed by atoms with Gasteiger partial charge in [-0.1, -0.05) is 6.07 Å². The largest absolute Gasteiger partial charge is 0.491 e. The lowest BCUT2D eigenvalue weighted by molar-refractivity contribution is 0.0597. The topological polar surface area (TPSA) is 56.5 Å². The van der Waals surface area contributed by atoms with E-state index >= 15 is 0 Å². The average molecular weight is 318 g/mol. The maximum absolute atomic E-state index is 10.2. The highest BCUT2D eigenvalue weighted by Gasteiger charge is 2.15. The van der Waals surface area contributed by atoms with Gasteiger partial charge in [-0.15, -0.1) is 0 Å². The molecule has 23 heavy (non-hydrogen) atoms. The van der Waals surface area contributed by atoms with E-state index in [4.69, 9.17) is 9.47 Å². The number of imidazole rings is 1. The Balaban J connectivity index is 1.92. The predicted molar refractivity (Wildman–Crippen MR) is 89.7 cm³/mol. The first-order chi connectivity index (χ1) is 11.0. The highest BCUT2D eigenvalue weighted by Crippen LogP contribution is 2.17. The second-order valence-electron chi connectivity index (χ2n) is 5.82. The lowest BCUT2D eigenvalue weighted by Gasteiger charge is -2.17. The molecule has 0 amide bonds. The van der Waals surface area contributed by atoms with Gasteiger partial charge in [0.15, 0.2) is 0 Å². The molecule has 126 valence electrons. The van der Waals surface area contributed by atoms with Crippen molar-refractivity contribution in [2.75, 3.05) is 13.2 Å². The number of rotatable bonds is 8. The molecule has 0 saturated heterocycles. The predicted octanol–water partition coefficient (Wildman–Crippen LogP) is 3.04. The van der Waals surface area contributed by atoms with Crippen molar-refractivity contribution in [3.8, 4) is 5.75 Å². The van der Waals surface area contributed by atoms with Gasteiger partial charge >= 0.3 is 0 Å². The highest BCUT2D eigenvalue weighted by atomic mass is 16.5. The minimum atomic E-state index is -0.613. The van der Waals surface area contributed by atoms with Crippen LogP contribution in [0.4, 0.5) is 0 Å². The molecule has 1 N–H and O–H groups in total. The van der Waals surface area contributed by atoms with Gasteiger partial charge in [0.05, 0.1) is 6.54 Å². The van der Waals surface area contributed by atoms with Crippen molar-refractivity contribution in [1.29, 1.82) is 0 Å². The number of aliphatic hydroxyl groups is 1. The molecule has 1 heterocycles. The Morgan fingerprint density at radius 2 is 1.91 bits per heavy atom. The van der Waals surface area contributed by atoms with Crippen molar-refractivity contribution in [2.24, 2.45) is 0 Å². The van der Waals surface area contributed by atoms with Gasteiger partial charge in [-0.2, -0.15) is 0 Å². The van der Waals surface area contributed by atoms with Crippen LogP contribution in [0.3, 0.4) is 0 Å². The minimum absolute atomic E-state index is 0.0949. The summed E-state index contributed by atoms with van der Waals surface area (Å²) in [5.74, 6) is 1.60. The van der Waals surface area contributed by atoms with E-state index in [2.05, 4.69) is 11.1 Å². The van der Waals surface area contributed by atoms with Crippen molar-refractivity contribution >= 4 is 0 Å². The van der Waals surface area contributed by atoms with E-state index in [9.17, 15) is 5.11 Å². The Labute approximate surface area is 137 Å². The number of aliphatic hydroxyl groups excluding tert-OH is 1. The average Bonchev–Trinajstić information content (AvgIpc) is 2.92. The summed E-state index contributed by atoms with van der Waals surface area (Å²) in [7, 11) is 0. The second kappa shape index (κ2) is 8.13. The lowest BCUT2D eigenvalue weighted by atomic mass is 10.1. The molecule has 2 unspecified atom stereocenters. The maximum atomic E-state index is 10.2. The van der Waals surface area contributed by atoms with Crippen LogP contribution in [0.1, 0.15) is 36.9 Å². The SMILES string of the molecule is CCOC(C)c1nccn1CC(O)COc1cc(C)cc(C)c1. The second-order valence-corrected chi connectivity index (χ2v) is 5.82. The van der Waals surface area contributed by atoms with Gasteiger partial charge in [0.2, 0.25) is 0 Å². The van der Waals surface area contributed by atoms with Crippen molar-refractivity contribution in [2.45, 2.75) is 46.4 Å². The Hall–Kier alpha value is -1.85. The van der Waals surface area contributed by atoms with Gasteiger partial charge in [0.1, 0.15) is 30.4 Å². The summed E-state index contributed by atoms with van der Waals surface area (Å²) in [6.07, 6.45) is 2.87. The quantitative estimate of drug-likeness (QED) is 0.813. The third-order valence-corrected chi connectivity index (χ3v) is 3.57. The fourth-order valence-corrected chi connectivity index (χ4v) is 2.65. The van der Waals surface area contributed by atoms with E-state index in [0.29, 0.717) is 13.2 Å². The maximum Gasteiger partial charge on any atom is 0.137 e. The summed E-state index contributed by atoms with van der Waals surface area (Å²) in [4.78, 5) is 4.32. The lowest BCUT2D eigenvalue weighted by Crippen LogP contribution is -2.25. The molecule has 0 bridgehead atoms. The van der Waals surface area contributed by atoms with Crippen molar-refractivity contribution in [1.82, 2.24) is 9.55 Å². The number of nitrogens with zero attached hydrogens (tertiary/aromatic N) is 2. The fourth-order valence-electron chi connectivity index (χ4n) is 2.65. The first kappa shape index (κ1) is 17.5. The Kier molecular flexibility index (Phi) is 6.19. The Morgan fingerprint density at radius 3 is 2.57 bits per heavy atom. The standard InChI is InChI=1S/C18H26N2O3/c1-5-22-15(4)18-19-6-7-20(18)11-16(21)12-23-17-9-13(2)8-14(3)10-17/h6-10,15-16,21H,5,11-12H2,1-4H3. The van der Waals surface area contributed by atoms with E-state index in [1.807, 2.05) is 50.6 Å². The van der Waals surface area contributed by atoms with Crippen molar-refractivity contribution in [3.05, 3.63) is 47.5 Å². The van der Waals surface area contributed by atoms with Crippen LogP contribution in [-0.4, -0.2) is 34.0 Å². The first-order valence-electron chi connectivity index (χ1n) is 8.01. The zero-order chi connectivity index (χ0) is 16.8. The number of aromatic nitrogens is 2. The summed E-state index contributed by atoms with van der Waals surface area (Å²) in [5, 5.41) is 10.2. The van der Waals surface area contributed by atoms with Gasteiger partial charge in [-0.25, -0.2) is 4.98 Å². The summed E-state index contributed by atoms with van der Waals surface area (Å²) in [6, 6.07) is 6.04. The molecule has 0 aliphatic heterocycles. The summed E-state index contributed by atoms with van der Waals surface area (Å²) >= 11 is 0. The van der Waals surface area contributed by atoms with E-state index in [1.54, 1.807) is 6.20 Å². The minimum Gasteiger partial charge on any atom is -0.491 e.